The van der Waals surface area contributed by atoms with Crippen molar-refractivity contribution in [2.45, 2.75) is 57.2 Å². The van der Waals surface area contributed by atoms with Crippen LogP contribution < -0.4 is 0 Å². The Morgan fingerprint density at radius 1 is 1.03 bits per heavy atom. The summed E-state index contributed by atoms with van der Waals surface area (Å²) in [6.07, 6.45) is -9.23. The zero-order valence-corrected chi connectivity index (χ0v) is 20.9. The molecule has 0 spiro atoms. The maximum atomic E-state index is 13.8. The first kappa shape index (κ1) is 27.6. The third kappa shape index (κ3) is 5.12. The summed E-state index contributed by atoms with van der Waals surface area (Å²) in [4.78, 5) is 30.5. The minimum Gasteiger partial charge on any atom is -0.508 e. The van der Waals surface area contributed by atoms with Gasteiger partial charge in [0, 0.05) is 26.6 Å². The van der Waals surface area contributed by atoms with Crippen LogP contribution in [-0.4, -0.2) is 57.9 Å². The zero-order valence-electron chi connectivity index (χ0n) is 20.9. The number of hydrogen-bond acceptors (Lipinski definition) is 3. The molecule has 6 nitrogen and oxygen atoms in total. The Bertz CT molecular complexity index is 1210. The lowest BCUT2D eigenvalue weighted by Gasteiger charge is -2.47. The van der Waals surface area contributed by atoms with E-state index in [1.807, 2.05) is 0 Å². The second-order valence-corrected chi connectivity index (χ2v) is 9.78. The molecule has 38 heavy (non-hydrogen) atoms. The number of phenols is 1. The number of nitrogens with zero attached hydrogens (tertiary/aromatic N) is 3. The topological polar surface area (TPSA) is 64.1 Å². The van der Waals surface area contributed by atoms with E-state index in [0.29, 0.717) is 36.1 Å². The Morgan fingerprint density at radius 3 is 2.18 bits per heavy atom. The number of urea groups is 1. The summed E-state index contributed by atoms with van der Waals surface area (Å²) < 4.78 is 80.4. The molecule has 0 aromatic heterocycles. The second kappa shape index (κ2) is 9.70. The van der Waals surface area contributed by atoms with Crippen LogP contribution in [0.25, 0.3) is 0 Å². The van der Waals surface area contributed by atoms with Crippen LogP contribution in [0.5, 0.6) is 5.75 Å². The number of carbonyl (C=O) groups is 2. The van der Waals surface area contributed by atoms with Crippen LogP contribution in [-0.2, 0) is 17.1 Å². The molecule has 2 saturated heterocycles. The molecule has 2 aromatic carbocycles. The van der Waals surface area contributed by atoms with E-state index in [2.05, 4.69) is 0 Å². The van der Waals surface area contributed by atoms with E-state index in [-0.39, 0.29) is 42.4 Å². The summed E-state index contributed by atoms with van der Waals surface area (Å²) in [7, 11) is 1.33. The Hall–Kier alpha value is -3.44. The van der Waals surface area contributed by atoms with Gasteiger partial charge in [-0.1, -0.05) is 6.07 Å². The van der Waals surface area contributed by atoms with Crippen molar-refractivity contribution in [3.63, 3.8) is 0 Å². The van der Waals surface area contributed by atoms with Gasteiger partial charge in [0.05, 0.1) is 29.3 Å². The molecule has 2 aliphatic rings. The van der Waals surface area contributed by atoms with Crippen molar-refractivity contribution in [2.24, 2.45) is 0 Å². The maximum Gasteiger partial charge on any atom is 0.416 e. The molecule has 2 aliphatic heterocycles. The van der Waals surface area contributed by atoms with Crippen LogP contribution in [0.3, 0.4) is 0 Å². The molecule has 12 heteroatoms. The predicted octanol–water partition coefficient (Wildman–Crippen LogP) is 5.90. The third-order valence-electron chi connectivity index (χ3n) is 7.45. The van der Waals surface area contributed by atoms with Gasteiger partial charge in [-0.15, -0.1) is 0 Å². The molecule has 2 aromatic rings. The summed E-state index contributed by atoms with van der Waals surface area (Å²) in [5.74, 6) is -0.0241. The molecule has 2 fully saturated rings. The first-order valence-electron chi connectivity index (χ1n) is 12.0. The fraction of sp³-hybridized carbons (Fsp3) is 0.462. The number of amides is 3. The first-order valence-corrected chi connectivity index (χ1v) is 12.0. The Labute approximate surface area is 215 Å². The number of phenolic OH excluding ortho intramolecular Hbond substituents is 1. The zero-order chi connectivity index (χ0) is 28.2. The van der Waals surface area contributed by atoms with E-state index in [1.165, 1.54) is 31.0 Å². The van der Waals surface area contributed by atoms with Crippen LogP contribution in [0.1, 0.15) is 59.7 Å². The van der Waals surface area contributed by atoms with Crippen molar-refractivity contribution in [3.8, 4) is 5.75 Å². The van der Waals surface area contributed by atoms with Crippen LogP contribution in [0, 0.1) is 6.92 Å². The largest absolute Gasteiger partial charge is 0.508 e. The fourth-order valence-electron chi connectivity index (χ4n) is 5.33. The van der Waals surface area contributed by atoms with Gasteiger partial charge in [-0.25, -0.2) is 4.79 Å². The molecule has 2 heterocycles. The highest BCUT2D eigenvalue weighted by Crippen LogP contribution is 2.42. The van der Waals surface area contributed by atoms with Crippen LogP contribution in [0.15, 0.2) is 36.4 Å². The molecule has 0 radical (unpaired) electrons. The summed E-state index contributed by atoms with van der Waals surface area (Å²) in [5, 5.41) is 9.87. The van der Waals surface area contributed by atoms with E-state index in [9.17, 15) is 41.0 Å². The number of piperazine rings is 1. The summed E-state index contributed by atoms with van der Waals surface area (Å²) >= 11 is 0. The van der Waals surface area contributed by atoms with Gasteiger partial charge in [0.2, 0.25) is 5.91 Å². The molecular weight excluding hydrogens is 516 g/mol. The van der Waals surface area contributed by atoms with E-state index >= 15 is 0 Å². The van der Waals surface area contributed by atoms with Crippen LogP contribution >= 0.6 is 0 Å². The van der Waals surface area contributed by atoms with E-state index in [1.54, 1.807) is 17.9 Å². The van der Waals surface area contributed by atoms with Crippen molar-refractivity contribution >= 4 is 11.9 Å². The van der Waals surface area contributed by atoms with E-state index in [0.717, 1.165) is 4.90 Å². The third-order valence-corrected chi connectivity index (χ3v) is 7.45. The van der Waals surface area contributed by atoms with Crippen molar-refractivity contribution in [3.05, 3.63) is 64.2 Å². The van der Waals surface area contributed by atoms with Gasteiger partial charge in [0.25, 0.3) is 0 Å². The van der Waals surface area contributed by atoms with Gasteiger partial charge in [0.15, 0.2) is 0 Å². The Kier molecular flexibility index (Phi) is 7.04. The number of rotatable bonds is 3. The van der Waals surface area contributed by atoms with Gasteiger partial charge < -0.3 is 19.8 Å². The highest BCUT2D eigenvalue weighted by Gasteiger charge is 2.46. The number of aromatic hydroxyl groups is 1. The molecule has 0 saturated carbocycles. The molecular formula is C26H27F6N3O3. The van der Waals surface area contributed by atoms with Crippen LogP contribution in [0.4, 0.5) is 31.1 Å². The number of hydrogen-bond donors (Lipinski definition) is 1. The number of carbonyl (C=O) groups excluding carboxylic acids is 2. The number of aryl methyl sites for hydroxylation is 1. The number of alkyl halides is 6. The van der Waals surface area contributed by atoms with Crippen molar-refractivity contribution in [1.82, 2.24) is 14.7 Å². The lowest BCUT2D eigenvalue weighted by atomic mass is 9.90. The number of fused-ring (bicyclic) bond motifs is 1. The minimum absolute atomic E-state index is 0.0232. The molecule has 3 amide bonds. The maximum absolute atomic E-state index is 13.8. The highest BCUT2D eigenvalue weighted by atomic mass is 19.4. The van der Waals surface area contributed by atoms with Gasteiger partial charge in [-0.3, -0.25) is 4.79 Å². The monoisotopic (exact) mass is 543 g/mol. The fourth-order valence-corrected chi connectivity index (χ4v) is 5.33. The van der Waals surface area contributed by atoms with Crippen molar-refractivity contribution in [1.29, 1.82) is 0 Å². The van der Waals surface area contributed by atoms with Crippen LogP contribution in [0.2, 0.25) is 0 Å². The molecule has 206 valence electrons. The normalized spacial score (nSPS) is 20.9. The van der Waals surface area contributed by atoms with Crippen molar-refractivity contribution < 1.29 is 41.0 Å². The molecule has 0 bridgehead atoms. The van der Waals surface area contributed by atoms with E-state index < -0.39 is 41.6 Å². The van der Waals surface area contributed by atoms with Gasteiger partial charge in [-0.05, 0) is 67.3 Å². The smallest absolute Gasteiger partial charge is 0.416 e. The first-order chi connectivity index (χ1) is 17.6. The molecule has 1 N–H and O–H groups in total. The average molecular weight is 544 g/mol. The summed E-state index contributed by atoms with van der Waals surface area (Å²) in [6, 6.07) is 3.28. The van der Waals surface area contributed by atoms with E-state index in [4.69, 9.17) is 0 Å². The highest BCUT2D eigenvalue weighted by molar-refractivity contribution is 5.81. The summed E-state index contributed by atoms with van der Waals surface area (Å²) in [5.41, 5.74) is -1.84. The SMILES string of the molecule is Cc1cc(O)ccc1[C@H]1[C@@H]2CCC(=O)N2CCN1C(=O)N(C)[C@H](C)c1cc(C(F)(F)F)cc(C(F)(F)F)c1. The lowest BCUT2D eigenvalue weighted by Crippen LogP contribution is -2.57. The Balaban J connectivity index is 1.70. The average Bonchev–Trinajstić information content (AvgIpc) is 3.21. The molecule has 3 atom stereocenters. The second-order valence-electron chi connectivity index (χ2n) is 9.78. The number of halogens is 6. The predicted molar refractivity (Wildman–Crippen MR) is 125 cm³/mol. The summed E-state index contributed by atoms with van der Waals surface area (Å²) in [6.45, 7) is 3.50. The quantitative estimate of drug-likeness (QED) is 0.491. The minimum atomic E-state index is -5.01. The molecule has 4 rings (SSSR count). The lowest BCUT2D eigenvalue weighted by molar-refractivity contribution is -0.143. The number of benzene rings is 2. The van der Waals surface area contributed by atoms with Gasteiger partial charge in [0.1, 0.15) is 5.75 Å². The van der Waals surface area contributed by atoms with Crippen molar-refractivity contribution in [2.75, 3.05) is 20.1 Å². The standard InChI is InChI=1S/C26H27F6N3O3/c1-14-10-19(36)4-5-20(14)23-21-6-7-22(37)34(21)8-9-35(23)24(38)33(3)15(2)16-11-17(25(27,28)29)13-18(12-16)26(30,31)32/h4-5,10-13,15,21,23,36H,6-9H2,1-3H3/t15-,21+,23+/m1/s1. The van der Waals surface area contributed by atoms with Gasteiger partial charge >= 0.3 is 18.4 Å². The molecule has 0 aliphatic carbocycles. The Morgan fingerprint density at radius 2 is 1.63 bits per heavy atom. The van der Waals surface area contributed by atoms with Gasteiger partial charge in [-0.2, -0.15) is 26.3 Å². The molecule has 0 unspecified atom stereocenters.